The number of rotatable bonds is 1. The quantitative estimate of drug-likeness (QED) is 0.639. The second kappa shape index (κ2) is 13.4. The molecule has 0 N–H and O–H groups in total. The fraction of sp³-hybridized carbons (Fsp3) is 0.538. The van der Waals surface area contributed by atoms with Gasteiger partial charge in [0.15, 0.2) is 0 Å². The van der Waals surface area contributed by atoms with Crippen LogP contribution in [0.5, 0.6) is 0 Å². The maximum absolute atomic E-state index is 5.42. The van der Waals surface area contributed by atoms with Crippen LogP contribution in [0.4, 0.5) is 0 Å². The van der Waals surface area contributed by atoms with E-state index in [1.54, 1.807) is 6.08 Å². The first kappa shape index (κ1) is 16.8. The zero-order valence-electron chi connectivity index (χ0n) is 10.7. The molecule has 2 heteroatoms. The largest absolute Gasteiger partial charge is 0.492 e. The topological polar surface area (TPSA) is 9.23 Å². The highest BCUT2D eigenvalue weighted by molar-refractivity contribution is 8.03. The molecule has 0 saturated carbocycles. The standard InChI is InChI=1S/C9H12OS.2C2H6/c1-3-5-9-8(4-2)10-6-7-11-9;2*1-2/h3-5H,1,6-7H2,2H3;2*1-2H3/b8-4+,9-5+;;. The summed E-state index contributed by atoms with van der Waals surface area (Å²) in [7, 11) is 0. The average Bonchev–Trinajstić information content (AvgIpc) is 2.35. The van der Waals surface area contributed by atoms with E-state index >= 15 is 0 Å². The molecule has 0 aromatic heterocycles. The van der Waals surface area contributed by atoms with E-state index in [0.717, 1.165) is 18.1 Å². The third-order valence-electron chi connectivity index (χ3n) is 1.37. The number of thioether (sulfide) groups is 1. The van der Waals surface area contributed by atoms with Gasteiger partial charge in [0.2, 0.25) is 0 Å². The highest BCUT2D eigenvalue weighted by Gasteiger charge is 2.10. The zero-order valence-corrected chi connectivity index (χ0v) is 11.5. The van der Waals surface area contributed by atoms with Gasteiger partial charge in [0.05, 0.1) is 6.61 Å². The van der Waals surface area contributed by atoms with Crippen molar-refractivity contribution in [3.05, 3.63) is 35.5 Å². The maximum atomic E-state index is 5.42. The Morgan fingerprint density at radius 1 is 1.27 bits per heavy atom. The second-order valence-corrected chi connectivity index (χ2v) is 3.25. The first-order chi connectivity index (χ1) is 7.38. The molecule has 0 spiro atoms. The molecule has 0 bridgehead atoms. The SMILES string of the molecule is C=C/C=C1/SCCO/C1=C/C.CC.CC. The molecule has 1 fully saturated rings. The molecule has 1 aliphatic rings. The molecule has 1 aliphatic heterocycles. The number of hydrogen-bond donors (Lipinski definition) is 0. The van der Waals surface area contributed by atoms with Crippen LogP contribution in [0.25, 0.3) is 0 Å². The number of ether oxygens (including phenoxy) is 1. The lowest BCUT2D eigenvalue weighted by Crippen LogP contribution is -2.05. The van der Waals surface area contributed by atoms with Crippen LogP contribution in [0.3, 0.4) is 0 Å². The van der Waals surface area contributed by atoms with Gasteiger partial charge in [-0.15, -0.1) is 11.8 Å². The van der Waals surface area contributed by atoms with Gasteiger partial charge in [0.25, 0.3) is 0 Å². The van der Waals surface area contributed by atoms with Crippen LogP contribution in [0.15, 0.2) is 35.5 Å². The lowest BCUT2D eigenvalue weighted by atomic mass is 10.4. The van der Waals surface area contributed by atoms with Gasteiger partial charge in [-0.3, -0.25) is 0 Å². The van der Waals surface area contributed by atoms with Crippen LogP contribution in [0.1, 0.15) is 34.6 Å². The van der Waals surface area contributed by atoms with Gasteiger partial charge in [-0.05, 0) is 19.1 Å². The molecule has 0 aromatic carbocycles. The van der Waals surface area contributed by atoms with Gasteiger partial charge in [-0.25, -0.2) is 0 Å². The molecule has 0 unspecified atom stereocenters. The van der Waals surface area contributed by atoms with Gasteiger partial charge in [0.1, 0.15) is 5.76 Å². The molecular formula is C13H24OS. The summed E-state index contributed by atoms with van der Waals surface area (Å²) in [4.78, 5) is 1.19. The van der Waals surface area contributed by atoms with E-state index in [1.807, 2.05) is 58.5 Å². The van der Waals surface area contributed by atoms with Crippen molar-refractivity contribution in [1.29, 1.82) is 0 Å². The summed E-state index contributed by atoms with van der Waals surface area (Å²) in [5.74, 6) is 2.03. The smallest absolute Gasteiger partial charge is 0.128 e. The Kier molecular flexibility index (Phi) is 15.0. The van der Waals surface area contributed by atoms with Crippen LogP contribution in [-0.2, 0) is 4.74 Å². The Balaban J connectivity index is 0. The van der Waals surface area contributed by atoms with E-state index in [4.69, 9.17) is 4.74 Å². The predicted molar refractivity (Wildman–Crippen MR) is 73.1 cm³/mol. The zero-order chi connectivity index (χ0) is 12.1. The minimum absolute atomic E-state index is 0.818. The first-order valence-electron chi connectivity index (χ1n) is 5.63. The van der Waals surface area contributed by atoms with Crippen LogP contribution in [0.2, 0.25) is 0 Å². The van der Waals surface area contributed by atoms with Crippen molar-refractivity contribution >= 4 is 11.8 Å². The van der Waals surface area contributed by atoms with E-state index < -0.39 is 0 Å². The van der Waals surface area contributed by atoms with Crippen LogP contribution in [0, 0.1) is 0 Å². The maximum Gasteiger partial charge on any atom is 0.128 e. The van der Waals surface area contributed by atoms with E-state index in [0.29, 0.717) is 0 Å². The van der Waals surface area contributed by atoms with Crippen molar-refractivity contribution in [2.24, 2.45) is 0 Å². The van der Waals surface area contributed by atoms with E-state index in [2.05, 4.69) is 6.58 Å². The van der Waals surface area contributed by atoms with E-state index in [-0.39, 0.29) is 0 Å². The van der Waals surface area contributed by atoms with Crippen molar-refractivity contribution in [3.8, 4) is 0 Å². The summed E-state index contributed by atoms with van der Waals surface area (Å²) in [5.41, 5.74) is 0. The first-order valence-corrected chi connectivity index (χ1v) is 6.62. The van der Waals surface area contributed by atoms with Crippen molar-refractivity contribution in [2.45, 2.75) is 34.6 Å². The summed E-state index contributed by atoms with van der Waals surface area (Å²) in [6, 6.07) is 0. The molecule has 0 amide bonds. The number of hydrogen-bond acceptors (Lipinski definition) is 2. The summed E-state index contributed by atoms with van der Waals surface area (Å²) in [6.45, 7) is 14.5. The normalized spacial score (nSPS) is 19.3. The fourth-order valence-corrected chi connectivity index (χ4v) is 1.81. The van der Waals surface area contributed by atoms with E-state index in [1.165, 1.54) is 4.91 Å². The minimum atomic E-state index is 0.818. The Labute approximate surface area is 99.3 Å². The lowest BCUT2D eigenvalue weighted by Gasteiger charge is -2.18. The van der Waals surface area contributed by atoms with Gasteiger partial charge in [-0.2, -0.15) is 0 Å². The predicted octanol–water partition coefficient (Wildman–Crippen LogP) is 4.78. The summed E-state index contributed by atoms with van der Waals surface area (Å²) >= 11 is 1.82. The van der Waals surface area contributed by atoms with E-state index in [9.17, 15) is 0 Å². The molecule has 0 aromatic rings. The molecule has 0 radical (unpaired) electrons. The van der Waals surface area contributed by atoms with Crippen LogP contribution >= 0.6 is 11.8 Å². The fourth-order valence-electron chi connectivity index (χ4n) is 0.908. The molecule has 0 atom stereocenters. The Morgan fingerprint density at radius 3 is 2.33 bits per heavy atom. The van der Waals surface area contributed by atoms with Crippen LogP contribution in [-0.4, -0.2) is 12.4 Å². The monoisotopic (exact) mass is 228 g/mol. The Bertz CT molecular complexity index is 205. The van der Waals surface area contributed by atoms with Gasteiger partial charge in [0, 0.05) is 10.7 Å². The third-order valence-corrected chi connectivity index (χ3v) is 2.39. The summed E-state index contributed by atoms with van der Waals surface area (Å²) in [5, 5.41) is 0. The molecule has 1 heterocycles. The Hall–Kier alpha value is -0.630. The highest BCUT2D eigenvalue weighted by Crippen LogP contribution is 2.29. The molecule has 1 nitrogen and oxygen atoms in total. The van der Waals surface area contributed by atoms with Gasteiger partial charge >= 0.3 is 0 Å². The molecule has 1 saturated heterocycles. The van der Waals surface area contributed by atoms with Gasteiger partial charge in [-0.1, -0.05) is 40.3 Å². The highest BCUT2D eigenvalue weighted by atomic mass is 32.2. The minimum Gasteiger partial charge on any atom is -0.492 e. The molecular weight excluding hydrogens is 204 g/mol. The van der Waals surface area contributed by atoms with Crippen molar-refractivity contribution in [1.82, 2.24) is 0 Å². The Morgan fingerprint density at radius 2 is 1.87 bits per heavy atom. The van der Waals surface area contributed by atoms with Crippen molar-refractivity contribution < 1.29 is 4.74 Å². The molecule has 1 rings (SSSR count). The van der Waals surface area contributed by atoms with Crippen molar-refractivity contribution in [2.75, 3.05) is 12.4 Å². The molecule has 88 valence electrons. The summed E-state index contributed by atoms with van der Waals surface area (Å²) in [6.07, 6.45) is 5.77. The van der Waals surface area contributed by atoms with Crippen molar-refractivity contribution in [3.63, 3.8) is 0 Å². The lowest BCUT2D eigenvalue weighted by molar-refractivity contribution is 0.239. The average molecular weight is 228 g/mol. The van der Waals surface area contributed by atoms with Gasteiger partial charge < -0.3 is 4.74 Å². The second-order valence-electron chi connectivity index (χ2n) is 2.12. The molecule has 15 heavy (non-hydrogen) atoms. The molecule has 0 aliphatic carbocycles. The number of allylic oxidation sites excluding steroid dienone is 3. The summed E-state index contributed by atoms with van der Waals surface area (Å²) < 4.78 is 5.42. The third kappa shape index (κ3) is 7.32. The van der Waals surface area contributed by atoms with Crippen LogP contribution < -0.4 is 0 Å².